The van der Waals surface area contributed by atoms with Crippen molar-refractivity contribution in [3.05, 3.63) is 34.7 Å². The molecule has 0 radical (unpaired) electrons. The van der Waals surface area contributed by atoms with Gasteiger partial charge in [-0.3, -0.25) is 4.79 Å². The van der Waals surface area contributed by atoms with E-state index < -0.39 is 0 Å². The number of halogens is 1. The number of amides is 1. The smallest absolute Gasteiger partial charge is 0.268 e. The van der Waals surface area contributed by atoms with Gasteiger partial charge in [-0.1, -0.05) is 16.8 Å². The molecule has 0 bridgehead atoms. The van der Waals surface area contributed by atoms with Gasteiger partial charge in [-0.2, -0.15) is 4.98 Å². The maximum Gasteiger partial charge on any atom is 0.268 e. The summed E-state index contributed by atoms with van der Waals surface area (Å²) < 4.78 is 6.79. The minimum atomic E-state index is -0.216. The lowest BCUT2D eigenvalue weighted by atomic mass is 10.4. The lowest BCUT2D eigenvalue weighted by Crippen LogP contribution is -2.25. The van der Waals surface area contributed by atoms with Crippen LogP contribution < -0.4 is 5.32 Å². The Balaban J connectivity index is 1.61. The zero-order chi connectivity index (χ0) is 13.4. The first-order valence-corrected chi connectivity index (χ1v) is 6.44. The van der Waals surface area contributed by atoms with Gasteiger partial charge in [0, 0.05) is 19.2 Å². The van der Waals surface area contributed by atoms with Crippen molar-refractivity contribution in [3.63, 3.8) is 0 Å². The number of aryl methyl sites for hydroxylation is 1. The van der Waals surface area contributed by atoms with Gasteiger partial charge < -0.3 is 14.4 Å². The summed E-state index contributed by atoms with van der Waals surface area (Å²) in [5, 5.41) is 7.11. The van der Waals surface area contributed by atoms with E-state index in [1.54, 1.807) is 23.9 Å². The van der Waals surface area contributed by atoms with Crippen molar-refractivity contribution in [1.29, 1.82) is 0 Å². The van der Waals surface area contributed by atoms with E-state index in [9.17, 15) is 4.79 Å². The summed E-state index contributed by atoms with van der Waals surface area (Å²) in [6.45, 7) is 0.248. The van der Waals surface area contributed by atoms with Crippen LogP contribution in [0.3, 0.4) is 0 Å². The molecule has 1 fully saturated rings. The monoisotopic (exact) mass is 280 g/mol. The molecule has 0 aliphatic heterocycles. The number of hydrogen-bond donors (Lipinski definition) is 1. The molecule has 0 saturated heterocycles. The Morgan fingerprint density at radius 2 is 2.42 bits per heavy atom. The highest BCUT2D eigenvalue weighted by molar-refractivity contribution is 6.31. The molecule has 1 aliphatic rings. The van der Waals surface area contributed by atoms with Crippen LogP contribution in [0.1, 0.15) is 41.0 Å². The van der Waals surface area contributed by atoms with Gasteiger partial charge in [-0.15, -0.1) is 0 Å². The first kappa shape index (κ1) is 12.2. The fourth-order valence-electron chi connectivity index (χ4n) is 1.84. The lowest BCUT2D eigenvalue weighted by molar-refractivity contribution is 0.0941. The van der Waals surface area contributed by atoms with E-state index in [2.05, 4.69) is 15.5 Å². The van der Waals surface area contributed by atoms with Crippen LogP contribution in [0.15, 0.2) is 16.8 Å². The molecule has 0 spiro atoms. The summed E-state index contributed by atoms with van der Waals surface area (Å²) in [6.07, 6.45) is 3.89. The Morgan fingerprint density at radius 1 is 1.63 bits per heavy atom. The summed E-state index contributed by atoms with van der Waals surface area (Å²) in [5.41, 5.74) is 0.496. The maximum absolute atomic E-state index is 11.9. The standard InChI is InChI=1S/C12H13ClN4O2/c1-17-6-8(13)4-9(17)11(18)14-5-10-15-12(19-16-10)7-2-3-7/h4,6-7H,2-3,5H2,1H3,(H,14,18). The van der Waals surface area contributed by atoms with E-state index in [0.29, 0.717) is 28.3 Å². The molecular formula is C12H13ClN4O2. The van der Waals surface area contributed by atoms with Gasteiger partial charge in [-0.05, 0) is 18.9 Å². The van der Waals surface area contributed by atoms with Gasteiger partial charge in [0.2, 0.25) is 5.89 Å². The van der Waals surface area contributed by atoms with E-state index in [1.807, 2.05) is 0 Å². The van der Waals surface area contributed by atoms with Crippen LogP contribution in [-0.4, -0.2) is 20.6 Å². The van der Waals surface area contributed by atoms with E-state index in [1.165, 1.54) is 0 Å². The molecular weight excluding hydrogens is 268 g/mol. The number of nitrogens with one attached hydrogen (secondary N) is 1. The molecule has 1 aliphatic carbocycles. The minimum absolute atomic E-state index is 0.216. The largest absolute Gasteiger partial charge is 0.345 e. The number of hydrogen-bond acceptors (Lipinski definition) is 4. The van der Waals surface area contributed by atoms with Gasteiger partial charge in [0.25, 0.3) is 5.91 Å². The number of rotatable bonds is 4. The quantitative estimate of drug-likeness (QED) is 0.928. The van der Waals surface area contributed by atoms with Gasteiger partial charge in [-0.25, -0.2) is 0 Å². The zero-order valence-corrected chi connectivity index (χ0v) is 11.1. The van der Waals surface area contributed by atoms with Crippen LogP contribution >= 0.6 is 11.6 Å². The predicted octanol–water partition coefficient (Wildman–Crippen LogP) is 1.87. The van der Waals surface area contributed by atoms with Gasteiger partial charge in [0.05, 0.1) is 11.6 Å². The summed E-state index contributed by atoms with van der Waals surface area (Å²) in [6, 6.07) is 1.61. The number of carbonyl (C=O) groups is 1. The average molecular weight is 281 g/mol. The molecule has 0 atom stereocenters. The van der Waals surface area contributed by atoms with E-state index in [4.69, 9.17) is 16.1 Å². The molecule has 7 heteroatoms. The third-order valence-electron chi connectivity index (χ3n) is 3.02. The number of nitrogens with zero attached hydrogens (tertiary/aromatic N) is 3. The molecule has 2 aromatic rings. The molecule has 100 valence electrons. The van der Waals surface area contributed by atoms with Crippen molar-refractivity contribution in [1.82, 2.24) is 20.0 Å². The van der Waals surface area contributed by atoms with Crippen molar-refractivity contribution >= 4 is 17.5 Å². The fraction of sp³-hybridized carbons (Fsp3) is 0.417. The van der Waals surface area contributed by atoms with Crippen LogP contribution in [0.25, 0.3) is 0 Å². The molecule has 19 heavy (non-hydrogen) atoms. The highest BCUT2D eigenvalue weighted by atomic mass is 35.5. The van der Waals surface area contributed by atoms with Crippen LogP contribution in [-0.2, 0) is 13.6 Å². The third-order valence-corrected chi connectivity index (χ3v) is 3.23. The Labute approximate surface area is 114 Å². The molecule has 1 N–H and O–H groups in total. The first-order valence-electron chi connectivity index (χ1n) is 6.06. The van der Waals surface area contributed by atoms with E-state index in [0.717, 1.165) is 12.8 Å². The van der Waals surface area contributed by atoms with Gasteiger partial charge in [0.15, 0.2) is 5.82 Å². The molecule has 2 aromatic heterocycles. The lowest BCUT2D eigenvalue weighted by Gasteiger charge is -2.02. The normalized spacial score (nSPS) is 14.6. The zero-order valence-electron chi connectivity index (χ0n) is 10.4. The summed E-state index contributed by atoms with van der Waals surface area (Å²) in [5.74, 6) is 1.37. The topological polar surface area (TPSA) is 73.0 Å². The Morgan fingerprint density at radius 3 is 3.05 bits per heavy atom. The first-order chi connectivity index (χ1) is 9.13. The average Bonchev–Trinajstić information content (AvgIpc) is 3.02. The molecule has 6 nitrogen and oxygen atoms in total. The molecule has 2 heterocycles. The Hall–Kier alpha value is -1.82. The summed E-state index contributed by atoms with van der Waals surface area (Å²) in [7, 11) is 1.76. The molecule has 1 saturated carbocycles. The van der Waals surface area contributed by atoms with Crippen molar-refractivity contribution < 1.29 is 9.32 Å². The van der Waals surface area contributed by atoms with Gasteiger partial charge >= 0.3 is 0 Å². The van der Waals surface area contributed by atoms with Crippen LogP contribution in [0.2, 0.25) is 5.02 Å². The highest BCUT2D eigenvalue weighted by Crippen LogP contribution is 2.38. The second-order valence-corrected chi connectivity index (χ2v) is 5.10. The fourth-order valence-corrected chi connectivity index (χ4v) is 2.08. The van der Waals surface area contributed by atoms with Crippen LogP contribution in [0, 0.1) is 0 Å². The van der Waals surface area contributed by atoms with Crippen molar-refractivity contribution in [3.8, 4) is 0 Å². The Bertz CT molecular complexity index is 615. The summed E-state index contributed by atoms with van der Waals surface area (Å²) in [4.78, 5) is 16.2. The van der Waals surface area contributed by atoms with E-state index in [-0.39, 0.29) is 12.5 Å². The van der Waals surface area contributed by atoms with Gasteiger partial charge in [0.1, 0.15) is 5.69 Å². The predicted molar refractivity (Wildman–Crippen MR) is 67.9 cm³/mol. The number of aromatic nitrogens is 3. The summed E-state index contributed by atoms with van der Waals surface area (Å²) >= 11 is 5.83. The Kier molecular flexibility index (Phi) is 3.02. The molecule has 0 unspecified atom stereocenters. The van der Waals surface area contributed by atoms with Crippen molar-refractivity contribution in [2.75, 3.05) is 0 Å². The van der Waals surface area contributed by atoms with Crippen molar-refractivity contribution in [2.45, 2.75) is 25.3 Å². The van der Waals surface area contributed by atoms with Crippen LogP contribution in [0.4, 0.5) is 0 Å². The SMILES string of the molecule is Cn1cc(Cl)cc1C(=O)NCc1noc(C2CC2)n1. The molecule has 1 amide bonds. The van der Waals surface area contributed by atoms with E-state index >= 15 is 0 Å². The second kappa shape index (κ2) is 4.70. The highest BCUT2D eigenvalue weighted by Gasteiger charge is 2.29. The second-order valence-electron chi connectivity index (χ2n) is 4.66. The number of carbonyl (C=O) groups excluding carboxylic acids is 1. The van der Waals surface area contributed by atoms with Crippen LogP contribution in [0.5, 0.6) is 0 Å². The molecule has 3 rings (SSSR count). The minimum Gasteiger partial charge on any atom is -0.345 e. The third kappa shape index (κ3) is 2.63. The van der Waals surface area contributed by atoms with Crippen molar-refractivity contribution in [2.24, 2.45) is 7.05 Å². The maximum atomic E-state index is 11.9. The molecule has 0 aromatic carbocycles.